The third-order valence-electron chi connectivity index (χ3n) is 3.95. The lowest BCUT2D eigenvalue weighted by Crippen LogP contribution is -2.16. The molecule has 0 aliphatic carbocycles. The largest absolute Gasteiger partial charge is 0.369 e. The fourth-order valence-electron chi connectivity index (χ4n) is 2.73. The number of benzene rings is 2. The maximum absolute atomic E-state index is 4.79. The molecule has 0 aliphatic heterocycles. The molecular weight excluding hydrogens is 332 g/mol. The molecule has 0 amide bonds. The molecule has 0 atom stereocenters. The second kappa shape index (κ2) is 8.79. The molecule has 0 fully saturated rings. The van der Waals surface area contributed by atoms with Gasteiger partial charge in [-0.1, -0.05) is 35.9 Å². The number of para-hydroxylation sites is 1. The lowest BCUT2D eigenvalue weighted by atomic mass is 10.1. The first kappa shape index (κ1) is 19.2. The van der Waals surface area contributed by atoms with E-state index < -0.39 is 0 Å². The Morgan fingerprint density at radius 1 is 1.00 bits per heavy atom. The van der Waals surface area contributed by atoms with Crippen LogP contribution in [0.4, 0.5) is 5.82 Å². The van der Waals surface area contributed by atoms with Gasteiger partial charge in [0.05, 0.1) is 5.52 Å². The van der Waals surface area contributed by atoms with Crippen LogP contribution in [0, 0.1) is 6.92 Å². The minimum atomic E-state index is 0. The molecule has 25 heavy (non-hydrogen) atoms. The highest BCUT2D eigenvalue weighted by Crippen LogP contribution is 2.25. The van der Waals surface area contributed by atoms with Crippen molar-refractivity contribution >= 4 is 29.1 Å². The number of aryl methyl sites for hydroxylation is 1. The fraction of sp³-hybridized carbons (Fsp3) is 0.300. The number of hydrogen-bond acceptors (Lipinski definition) is 4. The number of fused-ring (bicyclic) bond motifs is 1. The third kappa shape index (κ3) is 4.91. The highest BCUT2D eigenvalue weighted by atomic mass is 35.5. The van der Waals surface area contributed by atoms with E-state index in [0.717, 1.165) is 47.6 Å². The number of nitrogens with zero attached hydrogens (tertiary/aromatic N) is 3. The quantitative estimate of drug-likeness (QED) is 0.665. The molecule has 3 rings (SSSR count). The van der Waals surface area contributed by atoms with Crippen molar-refractivity contribution in [2.45, 2.75) is 13.3 Å². The van der Waals surface area contributed by atoms with Gasteiger partial charge in [0.1, 0.15) is 5.82 Å². The van der Waals surface area contributed by atoms with E-state index in [1.807, 2.05) is 24.3 Å². The van der Waals surface area contributed by atoms with Crippen molar-refractivity contribution < 1.29 is 0 Å². The minimum Gasteiger partial charge on any atom is -0.369 e. The maximum Gasteiger partial charge on any atom is 0.162 e. The molecular formula is C20H25ClN4. The number of aromatic nitrogens is 2. The van der Waals surface area contributed by atoms with Crippen LogP contribution in [0.1, 0.15) is 12.0 Å². The average Bonchev–Trinajstić information content (AvgIpc) is 2.58. The zero-order valence-electron chi connectivity index (χ0n) is 15.0. The summed E-state index contributed by atoms with van der Waals surface area (Å²) < 4.78 is 0. The van der Waals surface area contributed by atoms with Crippen LogP contribution in [-0.4, -0.2) is 42.1 Å². The maximum atomic E-state index is 4.79. The molecule has 1 N–H and O–H groups in total. The normalized spacial score (nSPS) is 10.7. The second-order valence-electron chi connectivity index (χ2n) is 6.37. The summed E-state index contributed by atoms with van der Waals surface area (Å²) in [7, 11) is 4.19. The Morgan fingerprint density at radius 3 is 2.56 bits per heavy atom. The molecule has 0 spiro atoms. The van der Waals surface area contributed by atoms with Crippen molar-refractivity contribution in [1.29, 1.82) is 0 Å². The van der Waals surface area contributed by atoms with E-state index in [4.69, 9.17) is 9.97 Å². The Morgan fingerprint density at radius 2 is 1.80 bits per heavy atom. The zero-order valence-corrected chi connectivity index (χ0v) is 15.8. The van der Waals surface area contributed by atoms with E-state index in [9.17, 15) is 0 Å². The Hall–Kier alpha value is -2.17. The van der Waals surface area contributed by atoms with Crippen LogP contribution in [0.5, 0.6) is 0 Å². The van der Waals surface area contributed by atoms with Gasteiger partial charge in [0, 0.05) is 17.5 Å². The van der Waals surface area contributed by atoms with Crippen molar-refractivity contribution in [2.24, 2.45) is 0 Å². The Kier molecular flexibility index (Phi) is 6.73. The molecule has 2 aromatic carbocycles. The van der Waals surface area contributed by atoms with Gasteiger partial charge in [-0.2, -0.15) is 0 Å². The molecule has 5 heteroatoms. The molecule has 132 valence electrons. The monoisotopic (exact) mass is 356 g/mol. The predicted molar refractivity (Wildman–Crippen MR) is 109 cm³/mol. The summed E-state index contributed by atoms with van der Waals surface area (Å²) in [5.74, 6) is 1.68. The fourth-order valence-corrected chi connectivity index (χ4v) is 2.73. The van der Waals surface area contributed by atoms with Gasteiger partial charge in [0.15, 0.2) is 5.82 Å². The number of halogens is 1. The van der Waals surface area contributed by atoms with Crippen LogP contribution in [-0.2, 0) is 0 Å². The van der Waals surface area contributed by atoms with E-state index in [1.54, 1.807) is 0 Å². The molecule has 1 heterocycles. The lowest BCUT2D eigenvalue weighted by molar-refractivity contribution is 0.405. The van der Waals surface area contributed by atoms with Gasteiger partial charge in [-0.3, -0.25) is 0 Å². The molecule has 0 radical (unpaired) electrons. The summed E-state index contributed by atoms with van der Waals surface area (Å²) in [6.07, 6.45) is 1.07. The summed E-state index contributed by atoms with van der Waals surface area (Å²) in [6.45, 7) is 4.04. The third-order valence-corrected chi connectivity index (χ3v) is 3.95. The van der Waals surface area contributed by atoms with Gasteiger partial charge in [-0.15, -0.1) is 12.4 Å². The molecule has 3 aromatic rings. The Labute approximate surface area is 155 Å². The first-order valence-corrected chi connectivity index (χ1v) is 8.36. The zero-order chi connectivity index (χ0) is 16.9. The van der Waals surface area contributed by atoms with Crippen LogP contribution in [0.2, 0.25) is 0 Å². The van der Waals surface area contributed by atoms with Crippen molar-refractivity contribution in [3.63, 3.8) is 0 Å². The molecule has 1 aromatic heterocycles. The van der Waals surface area contributed by atoms with Crippen LogP contribution in [0.25, 0.3) is 22.3 Å². The van der Waals surface area contributed by atoms with E-state index >= 15 is 0 Å². The molecule has 0 saturated heterocycles. The van der Waals surface area contributed by atoms with Crippen molar-refractivity contribution in [1.82, 2.24) is 14.9 Å². The van der Waals surface area contributed by atoms with Crippen LogP contribution in [0.3, 0.4) is 0 Å². The molecule has 0 saturated carbocycles. The van der Waals surface area contributed by atoms with E-state index in [0.29, 0.717) is 0 Å². The van der Waals surface area contributed by atoms with Crippen LogP contribution < -0.4 is 5.32 Å². The van der Waals surface area contributed by atoms with Gasteiger partial charge in [0.2, 0.25) is 0 Å². The highest BCUT2D eigenvalue weighted by Gasteiger charge is 2.09. The van der Waals surface area contributed by atoms with Crippen molar-refractivity contribution in [3.05, 3.63) is 54.1 Å². The van der Waals surface area contributed by atoms with Crippen LogP contribution >= 0.6 is 12.4 Å². The summed E-state index contributed by atoms with van der Waals surface area (Å²) >= 11 is 0. The number of nitrogens with one attached hydrogen (secondary N) is 1. The van der Waals surface area contributed by atoms with Gasteiger partial charge < -0.3 is 10.2 Å². The lowest BCUT2D eigenvalue weighted by Gasteiger charge is -2.13. The summed E-state index contributed by atoms with van der Waals surface area (Å²) in [5.41, 5.74) is 3.24. The molecule has 0 aliphatic rings. The topological polar surface area (TPSA) is 41.1 Å². The van der Waals surface area contributed by atoms with E-state index in [1.165, 1.54) is 5.56 Å². The van der Waals surface area contributed by atoms with E-state index in [2.05, 4.69) is 55.5 Å². The van der Waals surface area contributed by atoms with E-state index in [-0.39, 0.29) is 12.4 Å². The van der Waals surface area contributed by atoms with Gasteiger partial charge in [0.25, 0.3) is 0 Å². The molecule has 4 nitrogen and oxygen atoms in total. The van der Waals surface area contributed by atoms with Crippen molar-refractivity contribution in [2.75, 3.05) is 32.5 Å². The Balaban J connectivity index is 0.00000225. The predicted octanol–water partition coefficient (Wildman–Crippen LogP) is 4.39. The van der Waals surface area contributed by atoms with Crippen LogP contribution in [0.15, 0.2) is 48.5 Å². The number of rotatable bonds is 6. The van der Waals surface area contributed by atoms with Gasteiger partial charge >= 0.3 is 0 Å². The summed E-state index contributed by atoms with van der Waals surface area (Å²) in [5, 5.41) is 4.56. The second-order valence-corrected chi connectivity index (χ2v) is 6.37. The summed E-state index contributed by atoms with van der Waals surface area (Å²) in [6, 6.07) is 16.5. The number of hydrogen-bond donors (Lipinski definition) is 1. The first-order chi connectivity index (χ1) is 11.6. The van der Waals surface area contributed by atoms with Crippen molar-refractivity contribution in [3.8, 4) is 11.4 Å². The first-order valence-electron chi connectivity index (χ1n) is 8.36. The van der Waals surface area contributed by atoms with Gasteiger partial charge in [-0.05, 0) is 52.2 Å². The molecule has 0 bridgehead atoms. The minimum absolute atomic E-state index is 0. The Bertz CT molecular complexity index is 833. The molecule has 0 unspecified atom stereocenters. The number of anilines is 1. The highest BCUT2D eigenvalue weighted by molar-refractivity contribution is 5.90. The smallest absolute Gasteiger partial charge is 0.162 e. The average molecular weight is 357 g/mol. The SMILES string of the molecule is Cc1cccc(-c2nc(NCCCN(C)C)c3ccccc3n2)c1.Cl. The standard InChI is InChI=1S/C20H24N4.ClH/c1-15-8-6-9-16(14-15)19-22-18-11-5-4-10-17(18)20(23-19)21-12-7-13-24(2)3;/h4-6,8-11,14H,7,12-13H2,1-3H3,(H,21,22,23);1H. The summed E-state index contributed by atoms with van der Waals surface area (Å²) in [4.78, 5) is 11.7. The van der Waals surface area contributed by atoms with Gasteiger partial charge in [-0.25, -0.2) is 9.97 Å².